The summed E-state index contributed by atoms with van der Waals surface area (Å²) in [6.07, 6.45) is 1.18. The lowest BCUT2D eigenvalue weighted by Crippen LogP contribution is -2.25. The molecule has 0 aliphatic rings. The SMILES string of the molecule is CC(CS(C)(=O)=O)Nc1cc(Cl)c(Cl)cc1N. The van der Waals surface area contributed by atoms with E-state index in [1.165, 1.54) is 12.3 Å². The minimum absolute atomic E-state index is 0.0205. The third-order valence-corrected chi connectivity index (χ3v) is 3.87. The minimum Gasteiger partial charge on any atom is -0.397 e. The van der Waals surface area contributed by atoms with Crippen molar-refractivity contribution in [3.05, 3.63) is 22.2 Å². The molecule has 1 aromatic carbocycles. The van der Waals surface area contributed by atoms with Crippen molar-refractivity contribution in [3.8, 4) is 0 Å². The number of sulfone groups is 1. The molecule has 3 N–H and O–H groups in total. The molecule has 1 unspecified atom stereocenters. The molecule has 0 saturated heterocycles. The summed E-state index contributed by atoms with van der Waals surface area (Å²) in [5.41, 5.74) is 6.76. The van der Waals surface area contributed by atoms with Crippen molar-refractivity contribution in [3.63, 3.8) is 0 Å². The molecule has 0 spiro atoms. The summed E-state index contributed by atoms with van der Waals surface area (Å²) in [6, 6.07) is 2.85. The number of rotatable bonds is 4. The Bertz CT molecular complexity index is 517. The first-order chi connectivity index (χ1) is 7.69. The van der Waals surface area contributed by atoms with E-state index in [4.69, 9.17) is 28.9 Å². The second-order valence-corrected chi connectivity index (χ2v) is 6.99. The van der Waals surface area contributed by atoms with E-state index < -0.39 is 9.84 Å². The number of benzene rings is 1. The van der Waals surface area contributed by atoms with Crippen molar-refractivity contribution in [2.75, 3.05) is 23.1 Å². The van der Waals surface area contributed by atoms with Crippen molar-refractivity contribution in [1.29, 1.82) is 0 Å². The first-order valence-electron chi connectivity index (χ1n) is 4.88. The maximum Gasteiger partial charge on any atom is 0.149 e. The van der Waals surface area contributed by atoms with Crippen LogP contribution >= 0.6 is 23.2 Å². The summed E-state index contributed by atoms with van der Waals surface area (Å²) in [5.74, 6) is 0.0205. The number of nitrogens with two attached hydrogens (primary N) is 1. The van der Waals surface area contributed by atoms with E-state index in [1.54, 1.807) is 13.0 Å². The van der Waals surface area contributed by atoms with Gasteiger partial charge in [0.05, 0.1) is 27.2 Å². The maximum atomic E-state index is 11.1. The average molecular weight is 297 g/mol. The molecule has 7 heteroatoms. The Morgan fingerprint density at radius 1 is 1.35 bits per heavy atom. The van der Waals surface area contributed by atoms with Crippen molar-refractivity contribution >= 4 is 44.4 Å². The highest BCUT2D eigenvalue weighted by Gasteiger charge is 2.12. The van der Waals surface area contributed by atoms with Crippen LogP contribution in [0.5, 0.6) is 0 Å². The molecule has 0 aliphatic carbocycles. The lowest BCUT2D eigenvalue weighted by atomic mass is 10.2. The quantitative estimate of drug-likeness (QED) is 0.837. The Labute approximate surface area is 111 Å². The largest absolute Gasteiger partial charge is 0.397 e. The number of nitrogens with one attached hydrogen (secondary N) is 1. The van der Waals surface area contributed by atoms with Gasteiger partial charge in [-0.2, -0.15) is 0 Å². The van der Waals surface area contributed by atoms with E-state index in [-0.39, 0.29) is 11.8 Å². The number of hydrogen-bond acceptors (Lipinski definition) is 4. The van der Waals surface area contributed by atoms with Crippen LogP contribution in [0.2, 0.25) is 10.0 Å². The van der Waals surface area contributed by atoms with Crippen LogP contribution in [0, 0.1) is 0 Å². The summed E-state index contributed by atoms with van der Waals surface area (Å²) >= 11 is 11.6. The Morgan fingerprint density at radius 3 is 2.41 bits per heavy atom. The van der Waals surface area contributed by atoms with Crippen LogP contribution in [-0.4, -0.2) is 26.5 Å². The minimum atomic E-state index is -3.04. The molecule has 0 amide bonds. The van der Waals surface area contributed by atoms with Crippen LogP contribution < -0.4 is 11.1 Å². The van der Waals surface area contributed by atoms with Crippen molar-refractivity contribution in [1.82, 2.24) is 0 Å². The van der Waals surface area contributed by atoms with Crippen molar-refractivity contribution in [2.45, 2.75) is 13.0 Å². The third kappa shape index (κ3) is 4.61. The second kappa shape index (κ2) is 5.33. The zero-order valence-electron chi connectivity index (χ0n) is 9.50. The van der Waals surface area contributed by atoms with E-state index in [9.17, 15) is 8.42 Å². The Morgan fingerprint density at radius 2 is 1.88 bits per heavy atom. The maximum absolute atomic E-state index is 11.1. The van der Waals surface area contributed by atoms with Gasteiger partial charge in [-0.1, -0.05) is 23.2 Å². The van der Waals surface area contributed by atoms with E-state index in [2.05, 4.69) is 5.32 Å². The standard InChI is InChI=1S/C10H14Cl2N2O2S/c1-6(5-17(2,15)16)14-10-4-8(12)7(11)3-9(10)13/h3-4,6,14H,5,13H2,1-2H3. The zero-order valence-corrected chi connectivity index (χ0v) is 11.8. The molecule has 1 atom stereocenters. The Hall–Kier alpha value is -0.650. The molecule has 1 aromatic rings. The summed E-state index contributed by atoms with van der Waals surface area (Å²) in [4.78, 5) is 0. The van der Waals surface area contributed by atoms with Gasteiger partial charge in [0.15, 0.2) is 0 Å². The summed E-state index contributed by atoms with van der Waals surface area (Å²) in [7, 11) is -3.04. The first kappa shape index (κ1) is 14.4. The van der Waals surface area contributed by atoms with Gasteiger partial charge < -0.3 is 11.1 Å². The summed E-state index contributed by atoms with van der Waals surface area (Å²) in [5, 5.41) is 3.72. The fourth-order valence-corrected chi connectivity index (χ4v) is 2.78. The normalized spacial score (nSPS) is 13.4. The average Bonchev–Trinajstić information content (AvgIpc) is 2.11. The van der Waals surface area contributed by atoms with Crippen LogP contribution in [0.1, 0.15) is 6.92 Å². The van der Waals surface area contributed by atoms with Gasteiger partial charge in [0, 0.05) is 12.3 Å². The second-order valence-electron chi connectivity index (χ2n) is 3.99. The molecule has 0 aromatic heterocycles. The Kier molecular flexibility index (Phi) is 4.52. The third-order valence-electron chi connectivity index (χ3n) is 2.05. The molecular weight excluding hydrogens is 283 g/mol. The predicted molar refractivity (Wildman–Crippen MR) is 73.7 cm³/mol. The van der Waals surface area contributed by atoms with Gasteiger partial charge in [-0.15, -0.1) is 0 Å². The van der Waals surface area contributed by atoms with Crippen molar-refractivity contribution in [2.24, 2.45) is 0 Å². The molecule has 0 radical (unpaired) electrons. The molecule has 96 valence electrons. The number of nitrogen functional groups attached to an aromatic ring is 1. The lowest BCUT2D eigenvalue weighted by Gasteiger charge is -2.16. The molecule has 0 heterocycles. The fraction of sp³-hybridized carbons (Fsp3) is 0.400. The molecule has 17 heavy (non-hydrogen) atoms. The summed E-state index contributed by atoms with van der Waals surface area (Å²) < 4.78 is 22.2. The molecule has 1 rings (SSSR count). The van der Waals surface area contributed by atoms with Gasteiger partial charge in [0.2, 0.25) is 0 Å². The molecule has 0 fully saturated rings. The summed E-state index contributed by atoms with van der Waals surface area (Å²) in [6.45, 7) is 1.75. The van der Waals surface area contributed by atoms with Gasteiger partial charge in [0.25, 0.3) is 0 Å². The van der Waals surface area contributed by atoms with Gasteiger partial charge in [-0.25, -0.2) is 8.42 Å². The van der Waals surface area contributed by atoms with Gasteiger partial charge in [-0.3, -0.25) is 0 Å². The molecule has 0 bridgehead atoms. The fourth-order valence-electron chi connectivity index (χ4n) is 1.45. The number of halogens is 2. The smallest absolute Gasteiger partial charge is 0.149 e. The highest BCUT2D eigenvalue weighted by atomic mass is 35.5. The number of hydrogen-bond donors (Lipinski definition) is 2. The first-order valence-corrected chi connectivity index (χ1v) is 7.69. The Balaban J connectivity index is 2.85. The number of anilines is 2. The van der Waals surface area contributed by atoms with Crippen LogP contribution in [0.3, 0.4) is 0 Å². The molecule has 4 nitrogen and oxygen atoms in total. The van der Waals surface area contributed by atoms with E-state index in [0.717, 1.165) is 0 Å². The molecule has 0 saturated carbocycles. The topological polar surface area (TPSA) is 72.2 Å². The zero-order chi connectivity index (χ0) is 13.2. The van der Waals surface area contributed by atoms with Gasteiger partial charge in [-0.05, 0) is 19.1 Å². The van der Waals surface area contributed by atoms with Gasteiger partial charge >= 0.3 is 0 Å². The highest BCUT2D eigenvalue weighted by Crippen LogP contribution is 2.31. The van der Waals surface area contributed by atoms with Crippen LogP contribution in [-0.2, 0) is 9.84 Å². The lowest BCUT2D eigenvalue weighted by molar-refractivity contribution is 0.598. The van der Waals surface area contributed by atoms with Crippen LogP contribution in [0.15, 0.2) is 12.1 Å². The van der Waals surface area contributed by atoms with Crippen LogP contribution in [0.4, 0.5) is 11.4 Å². The molecule has 0 aliphatic heterocycles. The van der Waals surface area contributed by atoms with E-state index in [0.29, 0.717) is 21.4 Å². The van der Waals surface area contributed by atoms with E-state index >= 15 is 0 Å². The van der Waals surface area contributed by atoms with E-state index in [1.807, 2.05) is 0 Å². The molecular formula is C10H14Cl2N2O2S. The predicted octanol–water partition coefficient (Wildman–Crippen LogP) is 2.42. The van der Waals surface area contributed by atoms with Crippen molar-refractivity contribution < 1.29 is 8.42 Å². The highest BCUT2D eigenvalue weighted by molar-refractivity contribution is 7.90. The van der Waals surface area contributed by atoms with Crippen LogP contribution in [0.25, 0.3) is 0 Å². The monoisotopic (exact) mass is 296 g/mol. The van der Waals surface area contributed by atoms with Gasteiger partial charge in [0.1, 0.15) is 9.84 Å².